The monoisotopic (exact) mass is 446 g/mol. The SMILES string of the molecule is C=CCOC(=C)/C(F)=C(/F)C(=C)C(=C)/C=C\C(=C)C(=C)/C=C(/F)C(=C)C(C)CCC(C)O. The van der Waals surface area contributed by atoms with Crippen molar-refractivity contribution in [3.63, 3.8) is 0 Å². The Morgan fingerprint density at radius 1 is 0.875 bits per heavy atom. The van der Waals surface area contributed by atoms with Crippen molar-refractivity contribution in [2.24, 2.45) is 5.92 Å². The molecule has 0 saturated carbocycles. The van der Waals surface area contributed by atoms with Crippen LogP contribution in [0.1, 0.15) is 26.7 Å². The fourth-order valence-electron chi connectivity index (χ4n) is 2.27. The molecule has 2 unspecified atom stereocenters. The van der Waals surface area contributed by atoms with Crippen LogP contribution in [0.15, 0.2) is 121 Å². The Morgan fingerprint density at radius 3 is 1.97 bits per heavy atom. The Balaban J connectivity index is 5.16. The molecule has 32 heavy (non-hydrogen) atoms. The first-order valence-electron chi connectivity index (χ1n) is 10.0. The maximum absolute atomic E-state index is 14.5. The molecular weight excluding hydrogens is 413 g/mol. The van der Waals surface area contributed by atoms with Crippen LogP contribution in [0.2, 0.25) is 0 Å². The van der Waals surface area contributed by atoms with Gasteiger partial charge < -0.3 is 9.84 Å². The van der Waals surface area contributed by atoms with E-state index in [1.54, 1.807) is 6.92 Å². The molecule has 0 heterocycles. The van der Waals surface area contributed by atoms with E-state index in [0.717, 1.165) is 0 Å². The number of allylic oxidation sites excluding steroid dienone is 11. The number of aliphatic hydroxyl groups is 1. The molecule has 0 aliphatic heterocycles. The van der Waals surface area contributed by atoms with Crippen LogP contribution in [0.4, 0.5) is 13.2 Å². The first-order chi connectivity index (χ1) is 14.8. The summed E-state index contributed by atoms with van der Waals surface area (Å²) in [5.41, 5.74) is 0.672. The average Bonchev–Trinajstić information content (AvgIpc) is 2.76. The fourth-order valence-corrected chi connectivity index (χ4v) is 2.27. The van der Waals surface area contributed by atoms with E-state index in [1.165, 1.54) is 24.3 Å². The summed E-state index contributed by atoms with van der Waals surface area (Å²) < 4.78 is 47.7. The smallest absolute Gasteiger partial charge is 0.200 e. The third-order valence-electron chi connectivity index (χ3n) is 4.58. The number of halogens is 3. The van der Waals surface area contributed by atoms with Crippen LogP contribution in [-0.2, 0) is 4.74 Å². The molecule has 0 aliphatic carbocycles. The van der Waals surface area contributed by atoms with E-state index in [4.69, 9.17) is 4.74 Å². The molecule has 0 rings (SSSR count). The second kappa shape index (κ2) is 14.1. The van der Waals surface area contributed by atoms with Gasteiger partial charge in [-0.1, -0.05) is 71.2 Å². The van der Waals surface area contributed by atoms with Crippen LogP contribution in [0.25, 0.3) is 0 Å². The summed E-state index contributed by atoms with van der Waals surface area (Å²) >= 11 is 0. The van der Waals surface area contributed by atoms with Gasteiger partial charge in [0.15, 0.2) is 11.6 Å². The van der Waals surface area contributed by atoms with Gasteiger partial charge in [-0.3, -0.25) is 0 Å². The Kier molecular flexibility index (Phi) is 12.8. The van der Waals surface area contributed by atoms with Gasteiger partial charge in [0.25, 0.3) is 0 Å². The van der Waals surface area contributed by atoms with Crippen molar-refractivity contribution in [2.45, 2.75) is 32.8 Å². The van der Waals surface area contributed by atoms with Crippen molar-refractivity contribution in [3.05, 3.63) is 121 Å². The Labute approximate surface area is 190 Å². The number of hydrogen-bond donors (Lipinski definition) is 1. The fraction of sp³-hybridized carbons (Fsp3) is 0.259. The molecule has 0 aliphatic rings. The highest BCUT2D eigenvalue weighted by Crippen LogP contribution is 2.28. The zero-order valence-electron chi connectivity index (χ0n) is 19.0. The van der Waals surface area contributed by atoms with Gasteiger partial charge in [-0.25, -0.2) is 8.78 Å². The highest BCUT2D eigenvalue weighted by molar-refractivity contribution is 5.52. The molecular formula is C27H33F3O2. The van der Waals surface area contributed by atoms with Crippen molar-refractivity contribution in [3.8, 4) is 0 Å². The minimum absolute atomic E-state index is 0.0232. The van der Waals surface area contributed by atoms with Crippen LogP contribution in [0.5, 0.6) is 0 Å². The zero-order valence-corrected chi connectivity index (χ0v) is 19.0. The highest BCUT2D eigenvalue weighted by atomic mass is 19.2. The summed E-state index contributed by atoms with van der Waals surface area (Å²) in [6.45, 7) is 28.7. The maximum Gasteiger partial charge on any atom is 0.200 e. The molecule has 0 radical (unpaired) electrons. The third kappa shape index (κ3) is 9.84. The highest BCUT2D eigenvalue weighted by Gasteiger charge is 2.16. The number of aliphatic hydroxyl groups excluding tert-OH is 1. The van der Waals surface area contributed by atoms with Gasteiger partial charge in [-0.05, 0) is 54.1 Å². The maximum atomic E-state index is 14.5. The molecule has 2 atom stereocenters. The topological polar surface area (TPSA) is 29.5 Å². The lowest BCUT2D eigenvalue weighted by atomic mass is 9.94. The van der Waals surface area contributed by atoms with E-state index in [2.05, 4.69) is 46.1 Å². The molecule has 0 amide bonds. The normalized spacial score (nSPS) is 14.2. The predicted molar refractivity (Wildman–Crippen MR) is 129 cm³/mol. The molecule has 5 heteroatoms. The van der Waals surface area contributed by atoms with Crippen molar-refractivity contribution in [1.29, 1.82) is 0 Å². The lowest BCUT2D eigenvalue weighted by molar-refractivity contribution is 0.177. The van der Waals surface area contributed by atoms with Crippen LogP contribution < -0.4 is 0 Å². The summed E-state index contributed by atoms with van der Waals surface area (Å²) in [5.74, 6) is -3.73. The van der Waals surface area contributed by atoms with Gasteiger partial charge in [-0.2, -0.15) is 4.39 Å². The molecule has 0 bridgehead atoms. The lowest BCUT2D eigenvalue weighted by Crippen LogP contribution is -2.06. The number of rotatable bonds is 15. The molecule has 0 aromatic heterocycles. The summed E-state index contributed by atoms with van der Waals surface area (Å²) in [6, 6.07) is 0. The minimum atomic E-state index is -1.29. The van der Waals surface area contributed by atoms with E-state index in [9.17, 15) is 18.3 Å². The predicted octanol–water partition coefficient (Wildman–Crippen LogP) is 7.84. The molecule has 174 valence electrons. The summed E-state index contributed by atoms with van der Waals surface area (Å²) in [4.78, 5) is 0. The van der Waals surface area contributed by atoms with Crippen LogP contribution in [0, 0.1) is 5.92 Å². The Bertz CT molecular complexity index is 883. The van der Waals surface area contributed by atoms with Gasteiger partial charge in [0, 0.05) is 5.57 Å². The minimum Gasteiger partial charge on any atom is -0.487 e. The molecule has 0 fully saturated rings. The first kappa shape index (κ1) is 28.9. The molecule has 2 nitrogen and oxygen atoms in total. The van der Waals surface area contributed by atoms with Crippen molar-refractivity contribution < 1.29 is 23.0 Å². The molecule has 0 spiro atoms. The van der Waals surface area contributed by atoms with E-state index in [0.29, 0.717) is 24.0 Å². The van der Waals surface area contributed by atoms with Gasteiger partial charge in [0.2, 0.25) is 5.83 Å². The van der Waals surface area contributed by atoms with Crippen molar-refractivity contribution in [2.75, 3.05) is 6.61 Å². The summed E-state index contributed by atoms with van der Waals surface area (Å²) in [6.07, 6.45) is 6.03. The quantitative estimate of drug-likeness (QED) is 0.158. The van der Waals surface area contributed by atoms with Crippen LogP contribution in [-0.4, -0.2) is 17.8 Å². The molecule has 0 aromatic carbocycles. The Morgan fingerprint density at radius 2 is 1.44 bits per heavy atom. The average molecular weight is 447 g/mol. The third-order valence-corrected chi connectivity index (χ3v) is 4.58. The van der Waals surface area contributed by atoms with Crippen molar-refractivity contribution in [1.82, 2.24) is 0 Å². The molecule has 0 saturated heterocycles. The summed E-state index contributed by atoms with van der Waals surface area (Å²) in [5, 5.41) is 9.36. The Hall–Kier alpha value is -3.05. The van der Waals surface area contributed by atoms with E-state index in [-0.39, 0.29) is 29.2 Å². The van der Waals surface area contributed by atoms with E-state index in [1.807, 2.05) is 6.92 Å². The number of ether oxygens (including phenoxy) is 1. The first-order valence-corrected chi connectivity index (χ1v) is 10.0. The number of hydrogen-bond acceptors (Lipinski definition) is 2. The summed E-state index contributed by atoms with van der Waals surface area (Å²) in [7, 11) is 0. The van der Waals surface area contributed by atoms with E-state index >= 15 is 0 Å². The van der Waals surface area contributed by atoms with Gasteiger partial charge >= 0.3 is 0 Å². The molecule has 0 aromatic rings. The second-order valence-corrected chi connectivity index (χ2v) is 7.38. The van der Waals surface area contributed by atoms with Crippen LogP contribution in [0.3, 0.4) is 0 Å². The van der Waals surface area contributed by atoms with Gasteiger partial charge in [0.1, 0.15) is 12.4 Å². The standard InChI is InChI=1S/C27H33F3O2/c1-10-15-32-24(9)27(30)26(29)23(8)19(4)12-11-17(2)20(5)16-25(28)22(7)18(3)13-14-21(6)31/h10-12,16,18,21,31H,1-2,4-5,7-9,13-15H2,3,6H3/b12-11-,25-16+,27-26-. The van der Waals surface area contributed by atoms with E-state index < -0.39 is 29.3 Å². The molecule has 1 N–H and O–H groups in total. The lowest BCUT2D eigenvalue weighted by Gasteiger charge is -2.14. The second-order valence-electron chi connectivity index (χ2n) is 7.38. The van der Waals surface area contributed by atoms with Crippen molar-refractivity contribution >= 4 is 0 Å². The van der Waals surface area contributed by atoms with Gasteiger partial charge in [0.05, 0.1) is 6.10 Å². The zero-order chi connectivity index (χ0) is 25.0. The van der Waals surface area contributed by atoms with Gasteiger partial charge in [-0.15, -0.1) is 0 Å². The van der Waals surface area contributed by atoms with Crippen LogP contribution >= 0.6 is 0 Å². The largest absolute Gasteiger partial charge is 0.487 e.